The summed E-state index contributed by atoms with van der Waals surface area (Å²) in [6, 6.07) is 18.8. The molecule has 2 aromatic carbocycles. The van der Waals surface area contributed by atoms with Crippen LogP contribution in [0.4, 0.5) is 5.69 Å². The molecule has 0 radical (unpaired) electrons. The quantitative estimate of drug-likeness (QED) is 0.583. The SMILES string of the molecule is Cc1ccccc1[S@](=O)Cc1ccc(C(=O)N2CCN(c3ccc(Cl)cc3)CC2)o1. The zero-order chi connectivity index (χ0) is 21.1. The summed E-state index contributed by atoms with van der Waals surface area (Å²) in [5, 5.41) is 0.713. The Hall–Kier alpha value is -2.57. The molecule has 156 valence electrons. The van der Waals surface area contributed by atoms with Gasteiger partial charge in [-0.25, -0.2) is 0 Å². The van der Waals surface area contributed by atoms with Gasteiger partial charge in [0.25, 0.3) is 5.91 Å². The van der Waals surface area contributed by atoms with E-state index in [1.807, 2.05) is 55.5 Å². The van der Waals surface area contributed by atoms with Crippen molar-refractivity contribution in [3.63, 3.8) is 0 Å². The van der Waals surface area contributed by atoms with Gasteiger partial charge >= 0.3 is 0 Å². The van der Waals surface area contributed by atoms with E-state index >= 15 is 0 Å². The van der Waals surface area contributed by atoms with Gasteiger partial charge in [0.05, 0.1) is 16.6 Å². The number of benzene rings is 2. The van der Waals surface area contributed by atoms with Gasteiger partial charge in [-0.1, -0.05) is 29.8 Å². The molecule has 1 aliphatic heterocycles. The van der Waals surface area contributed by atoms with Gasteiger partial charge in [-0.05, 0) is 55.0 Å². The first-order valence-electron chi connectivity index (χ1n) is 9.84. The molecule has 30 heavy (non-hydrogen) atoms. The molecule has 1 atom stereocenters. The molecule has 2 heterocycles. The summed E-state index contributed by atoms with van der Waals surface area (Å²) in [6.07, 6.45) is 0. The predicted molar refractivity (Wildman–Crippen MR) is 120 cm³/mol. The first kappa shape index (κ1) is 20.7. The molecule has 1 aliphatic rings. The Morgan fingerprint density at radius 1 is 1.00 bits per heavy atom. The minimum Gasteiger partial charge on any atom is -0.455 e. The molecular weight excluding hydrogens is 420 g/mol. The number of nitrogens with zero attached hydrogens (tertiary/aromatic N) is 2. The van der Waals surface area contributed by atoms with E-state index in [9.17, 15) is 9.00 Å². The van der Waals surface area contributed by atoms with Crippen LogP contribution >= 0.6 is 11.6 Å². The number of carbonyl (C=O) groups is 1. The smallest absolute Gasteiger partial charge is 0.289 e. The third-order valence-corrected chi connectivity index (χ3v) is 6.99. The molecule has 0 N–H and O–H groups in total. The van der Waals surface area contributed by atoms with E-state index in [-0.39, 0.29) is 11.7 Å². The molecule has 1 aromatic heterocycles. The van der Waals surface area contributed by atoms with Crippen molar-refractivity contribution in [3.8, 4) is 0 Å². The van der Waals surface area contributed by atoms with E-state index in [1.54, 1.807) is 17.0 Å². The minimum atomic E-state index is -1.21. The number of furan rings is 1. The van der Waals surface area contributed by atoms with Crippen LogP contribution < -0.4 is 4.90 Å². The molecule has 7 heteroatoms. The molecule has 0 saturated carbocycles. The number of amides is 1. The number of hydrogen-bond acceptors (Lipinski definition) is 4. The van der Waals surface area contributed by atoms with E-state index in [1.165, 1.54) is 0 Å². The number of halogens is 1. The molecule has 5 nitrogen and oxygen atoms in total. The maximum Gasteiger partial charge on any atom is 0.289 e. The summed E-state index contributed by atoms with van der Waals surface area (Å²) < 4.78 is 18.4. The predicted octanol–water partition coefficient (Wildman–Crippen LogP) is 4.51. The van der Waals surface area contributed by atoms with Crippen LogP contribution in [0.1, 0.15) is 21.9 Å². The van der Waals surface area contributed by atoms with E-state index in [0.717, 1.165) is 29.2 Å². The lowest BCUT2D eigenvalue weighted by atomic mass is 10.2. The second kappa shape index (κ2) is 9.06. The van der Waals surface area contributed by atoms with Crippen molar-refractivity contribution >= 4 is 34.0 Å². The summed E-state index contributed by atoms with van der Waals surface area (Å²) >= 11 is 5.96. The fraction of sp³-hybridized carbons (Fsp3) is 0.261. The number of carbonyl (C=O) groups excluding carboxylic acids is 1. The summed E-state index contributed by atoms with van der Waals surface area (Å²) in [6.45, 7) is 4.67. The molecule has 0 aliphatic carbocycles. The Kier molecular flexibility index (Phi) is 6.25. The van der Waals surface area contributed by atoms with Crippen LogP contribution in [-0.2, 0) is 16.6 Å². The highest BCUT2D eigenvalue weighted by molar-refractivity contribution is 7.84. The number of hydrogen-bond donors (Lipinski definition) is 0. The van der Waals surface area contributed by atoms with Crippen molar-refractivity contribution in [3.05, 3.63) is 82.8 Å². The van der Waals surface area contributed by atoms with Gasteiger partial charge in [-0.2, -0.15) is 0 Å². The average Bonchev–Trinajstić information content (AvgIpc) is 3.22. The maximum atomic E-state index is 12.8. The fourth-order valence-electron chi connectivity index (χ4n) is 3.56. The van der Waals surface area contributed by atoms with Gasteiger partial charge in [0, 0.05) is 41.8 Å². The Morgan fingerprint density at radius 2 is 1.70 bits per heavy atom. The van der Waals surface area contributed by atoms with E-state index in [0.29, 0.717) is 29.6 Å². The third kappa shape index (κ3) is 4.60. The monoisotopic (exact) mass is 442 g/mol. The van der Waals surface area contributed by atoms with E-state index in [4.69, 9.17) is 16.0 Å². The van der Waals surface area contributed by atoms with Gasteiger partial charge in [0.15, 0.2) is 5.76 Å². The zero-order valence-corrected chi connectivity index (χ0v) is 18.3. The number of aryl methyl sites for hydroxylation is 1. The molecule has 0 bridgehead atoms. The van der Waals surface area contributed by atoms with Crippen LogP contribution in [0.25, 0.3) is 0 Å². The molecule has 0 spiro atoms. The lowest BCUT2D eigenvalue weighted by molar-refractivity contribution is 0.0713. The summed E-state index contributed by atoms with van der Waals surface area (Å²) in [5.74, 6) is 0.979. The Labute approximate surface area is 183 Å². The van der Waals surface area contributed by atoms with Crippen LogP contribution in [0.15, 0.2) is 70.0 Å². The number of rotatable bonds is 5. The summed E-state index contributed by atoms with van der Waals surface area (Å²) in [5.41, 5.74) is 2.09. The summed E-state index contributed by atoms with van der Waals surface area (Å²) in [7, 11) is -1.21. The highest BCUT2D eigenvalue weighted by Crippen LogP contribution is 2.22. The van der Waals surface area contributed by atoms with Crippen LogP contribution in [0.5, 0.6) is 0 Å². The average molecular weight is 443 g/mol. The first-order chi connectivity index (χ1) is 14.5. The van der Waals surface area contributed by atoms with Crippen molar-refractivity contribution in [2.45, 2.75) is 17.6 Å². The standard InChI is InChI=1S/C23H23ClN2O3S/c1-17-4-2-3-5-22(17)30(28)16-20-10-11-21(29-20)23(27)26-14-12-25(13-15-26)19-8-6-18(24)7-9-19/h2-11H,12-16H2,1H3/t30-/m1/s1. The largest absolute Gasteiger partial charge is 0.455 e. The van der Waals surface area contributed by atoms with Crippen molar-refractivity contribution in [2.24, 2.45) is 0 Å². The lowest BCUT2D eigenvalue weighted by Gasteiger charge is -2.35. The van der Waals surface area contributed by atoms with Crippen LogP contribution in [0.3, 0.4) is 0 Å². The number of anilines is 1. The normalized spacial score (nSPS) is 15.3. The highest BCUT2D eigenvalue weighted by atomic mass is 35.5. The Balaban J connectivity index is 1.36. The van der Waals surface area contributed by atoms with Crippen molar-refractivity contribution in [2.75, 3.05) is 31.1 Å². The van der Waals surface area contributed by atoms with Crippen LogP contribution in [-0.4, -0.2) is 41.2 Å². The molecule has 3 aromatic rings. The molecule has 1 amide bonds. The first-order valence-corrected chi connectivity index (χ1v) is 11.5. The van der Waals surface area contributed by atoms with E-state index < -0.39 is 10.8 Å². The van der Waals surface area contributed by atoms with Crippen LogP contribution in [0.2, 0.25) is 5.02 Å². The topological polar surface area (TPSA) is 53.8 Å². The van der Waals surface area contributed by atoms with Gasteiger partial charge < -0.3 is 14.2 Å². The Bertz CT molecular complexity index is 1060. The highest BCUT2D eigenvalue weighted by Gasteiger charge is 2.24. The molecule has 0 unspecified atom stereocenters. The summed E-state index contributed by atoms with van der Waals surface area (Å²) in [4.78, 5) is 17.7. The van der Waals surface area contributed by atoms with Gasteiger partial charge in [0.1, 0.15) is 5.76 Å². The minimum absolute atomic E-state index is 0.126. The molecule has 1 fully saturated rings. The molecule has 1 saturated heterocycles. The second-order valence-corrected chi connectivity index (χ2v) is 9.13. The van der Waals surface area contributed by atoms with Gasteiger partial charge in [-0.3, -0.25) is 9.00 Å². The third-order valence-electron chi connectivity index (χ3n) is 5.24. The van der Waals surface area contributed by atoms with Crippen molar-refractivity contribution < 1.29 is 13.4 Å². The van der Waals surface area contributed by atoms with Crippen molar-refractivity contribution in [1.29, 1.82) is 0 Å². The van der Waals surface area contributed by atoms with E-state index in [2.05, 4.69) is 4.90 Å². The zero-order valence-electron chi connectivity index (χ0n) is 16.7. The van der Waals surface area contributed by atoms with Crippen LogP contribution in [0, 0.1) is 6.92 Å². The molecule has 4 rings (SSSR count). The Morgan fingerprint density at radius 3 is 2.40 bits per heavy atom. The number of piperazine rings is 1. The maximum absolute atomic E-state index is 12.8. The van der Waals surface area contributed by atoms with Crippen molar-refractivity contribution in [1.82, 2.24) is 4.90 Å². The molecular formula is C23H23ClN2O3S. The van der Waals surface area contributed by atoms with Gasteiger partial charge in [0.2, 0.25) is 0 Å². The lowest BCUT2D eigenvalue weighted by Crippen LogP contribution is -2.48. The van der Waals surface area contributed by atoms with Gasteiger partial charge in [-0.15, -0.1) is 0 Å². The fourth-order valence-corrected chi connectivity index (χ4v) is 4.92. The second-order valence-electron chi connectivity index (χ2n) is 7.28.